The molecule has 0 amide bonds. The molecule has 0 aliphatic heterocycles. The molecular weight excluding hydrogens is 214 g/mol. The highest BCUT2D eigenvalue weighted by atomic mass is 15.3. The summed E-state index contributed by atoms with van der Waals surface area (Å²) in [7, 11) is 1.92. The summed E-state index contributed by atoms with van der Waals surface area (Å²) >= 11 is 0. The third kappa shape index (κ3) is 3.17. The summed E-state index contributed by atoms with van der Waals surface area (Å²) in [5, 5.41) is 11.9. The number of nitrogens with one attached hydrogen (secondary N) is 1. The Balaban J connectivity index is 2.03. The van der Waals surface area contributed by atoms with Crippen LogP contribution in [0.15, 0.2) is 24.7 Å². The van der Waals surface area contributed by atoms with Crippen LogP contribution in [0.3, 0.4) is 0 Å². The molecule has 2 rings (SSSR count). The van der Waals surface area contributed by atoms with Crippen molar-refractivity contribution >= 4 is 0 Å². The van der Waals surface area contributed by atoms with Gasteiger partial charge in [0.05, 0.1) is 18.4 Å². The second-order valence-corrected chi connectivity index (χ2v) is 4.54. The molecule has 0 aliphatic rings. The summed E-state index contributed by atoms with van der Waals surface area (Å²) in [4.78, 5) is 0. The zero-order chi connectivity index (χ0) is 12.3. The highest BCUT2D eigenvalue weighted by molar-refractivity contribution is 5.08. The van der Waals surface area contributed by atoms with Crippen LogP contribution in [0.5, 0.6) is 0 Å². The highest BCUT2D eigenvalue weighted by Gasteiger charge is 2.05. The van der Waals surface area contributed by atoms with E-state index in [0.717, 1.165) is 13.1 Å². The Kier molecular flexibility index (Phi) is 3.58. The van der Waals surface area contributed by atoms with Crippen molar-refractivity contribution in [2.45, 2.75) is 33.0 Å². The molecule has 0 radical (unpaired) electrons. The first-order chi connectivity index (χ1) is 8.15. The second kappa shape index (κ2) is 5.14. The molecule has 2 aromatic heterocycles. The minimum Gasteiger partial charge on any atom is -0.309 e. The van der Waals surface area contributed by atoms with E-state index in [4.69, 9.17) is 0 Å². The minimum absolute atomic E-state index is 0.483. The maximum Gasteiger partial charge on any atom is 0.0693 e. The van der Waals surface area contributed by atoms with Crippen molar-refractivity contribution in [3.63, 3.8) is 0 Å². The Bertz CT molecular complexity index is 469. The summed E-state index contributed by atoms with van der Waals surface area (Å²) in [6.07, 6.45) is 5.73. The van der Waals surface area contributed by atoms with Gasteiger partial charge in [-0.2, -0.15) is 10.2 Å². The monoisotopic (exact) mass is 233 g/mol. The van der Waals surface area contributed by atoms with Gasteiger partial charge in [0.2, 0.25) is 0 Å². The van der Waals surface area contributed by atoms with E-state index in [1.165, 1.54) is 11.3 Å². The lowest BCUT2D eigenvalue weighted by molar-refractivity contribution is 0.547. The maximum atomic E-state index is 4.34. The summed E-state index contributed by atoms with van der Waals surface area (Å²) in [5.74, 6) is 0. The molecule has 2 aromatic rings. The highest BCUT2D eigenvalue weighted by Crippen LogP contribution is 2.04. The Hall–Kier alpha value is -1.62. The standard InChI is InChI=1S/C12H19N5/c1-10(2)13-7-12-4-5-14-17(12)9-11-6-15-16(3)8-11/h4-6,8,10,13H,7,9H2,1-3H3. The van der Waals surface area contributed by atoms with E-state index in [0.29, 0.717) is 6.04 Å². The number of aryl methyl sites for hydroxylation is 1. The topological polar surface area (TPSA) is 47.7 Å². The zero-order valence-electron chi connectivity index (χ0n) is 10.6. The molecule has 17 heavy (non-hydrogen) atoms. The van der Waals surface area contributed by atoms with E-state index in [9.17, 15) is 0 Å². The van der Waals surface area contributed by atoms with Crippen LogP contribution in [0.25, 0.3) is 0 Å². The molecule has 0 aliphatic carbocycles. The normalized spacial score (nSPS) is 11.3. The first-order valence-corrected chi connectivity index (χ1v) is 5.87. The van der Waals surface area contributed by atoms with Gasteiger partial charge >= 0.3 is 0 Å². The zero-order valence-corrected chi connectivity index (χ0v) is 10.6. The van der Waals surface area contributed by atoms with Crippen LogP contribution in [0, 0.1) is 0 Å². The van der Waals surface area contributed by atoms with Crippen LogP contribution in [0.1, 0.15) is 25.1 Å². The van der Waals surface area contributed by atoms with E-state index in [1.54, 1.807) is 0 Å². The average Bonchev–Trinajstić information content (AvgIpc) is 2.86. The van der Waals surface area contributed by atoms with Crippen molar-refractivity contribution in [3.05, 3.63) is 35.9 Å². The van der Waals surface area contributed by atoms with Gasteiger partial charge in [-0.05, 0) is 6.07 Å². The molecule has 5 heteroatoms. The van der Waals surface area contributed by atoms with Crippen LogP contribution in [-0.4, -0.2) is 25.6 Å². The molecule has 0 unspecified atom stereocenters. The van der Waals surface area contributed by atoms with E-state index < -0.39 is 0 Å². The molecule has 0 saturated heterocycles. The quantitative estimate of drug-likeness (QED) is 0.843. The predicted octanol–water partition coefficient (Wildman–Crippen LogP) is 1.16. The molecule has 92 valence electrons. The second-order valence-electron chi connectivity index (χ2n) is 4.54. The summed E-state index contributed by atoms with van der Waals surface area (Å²) in [6.45, 7) is 5.90. The van der Waals surface area contributed by atoms with Gasteiger partial charge in [-0.1, -0.05) is 13.8 Å². The van der Waals surface area contributed by atoms with E-state index in [1.807, 2.05) is 41.1 Å². The molecule has 0 atom stereocenters. The largest absolute Gasteiger partial charge is 0.309 e. The van der Waals surface area contributed by atoms with Crippen molar-refractivity contribution in [2.24, 2.45) is 7.05 Å². The van der Waals surface area contributed by atoms with Crippen molar-refractivity contribution in [2.75, 3.05) is 0 Å². The number of hydrogen-bond donors (Lipinski definition) is 1. The molecule has 0 spiro atoms. The smallest absolute Gasteiger partial charge is 0.0693 e. The van der Waals surface area contributed by atoms with E-state index in [-0.39, 0.29) is 0 Å². The molecule has 0 fully saturated rings. The molecule has 0 bridgehead atoms. The Labute approximate surface area is 101 Å². The fourth-order valence-electron chi connectivity index (χ4n) is 1.69. The predicted molar refractivity (Wildman–Crippen MR) is 66.5 cm³/mol. The molecular formula is C12H19N5. The third-order valence-corrected chi connectivity index (χ3v) is 2.59. The van der Waals surface area contributed by atoms with Crippen molar-refractivity contribution in [1.29, 1.82) is 0 Å². The molecule has 5 nitrogen and oxygen atoms in total. The molecule has 0 saturated carbocycles. The Morgan fingerprint density at radius 2 is 2.18 bits per heavy atom. The average molecular weight is 233 g/mol. The van der Waals surface area contributed by atoms with Gasteiger partial charge in [0.1, 0.15) is 0 Å². The first kappa shape index (κ1) is 11.9. The van der Waals surface area contributed by atoms with Crippen LogP contribution in [0.4, 0.5) is 0 Å². The van der Waals surface area contributed by atoms with Gasteiger partial charge in [0, 0.05) is 37.6 Å². The SMILES string of the molecule is CC(C)NCc1ccnn1Cc1cnn(C)c1. The van der Waals surface area contributed by atoms with Crippen LogP contribution < -0.4 is 5.32 Å². The number of rotatable bonds is 5. The van der Waals surface area contributed by atoms with Crippen LogP contribution in [0.2, 0.25) is 0 Å². The molecule has 0 aromatic carbocycles. The minimum atomic E-state index is 0.483. The summed E-state index contributed by atoms with van der Waals surface area (Å²) < 4.78 is 3.82. The van der Waals surface area contributed by atoms with E-state index >= 15 is 0 Å². The van der Waals surface area contributed by atoms with Crippen LogP contribution in [-0.2, 0) is 20.1 Å². The number of aromatic nitrogens is 4. The first-order valence-electron chi connectivity index (χ1n) is 5.87. The van der Waals surface area contributed by atoms with Gasteiger partial charge in [-0.3, -0.25) is 9.36 Å². The van der Waals surface area contributed by atoms with Gasteiger partial charge in [-0.15, -0.1) is 0 Å². The van der Waals surface area contributed by atoms with Gasteiger partial charge in [0.15, 0.2) is 0 Å². The van der Waals surface area contributed by atoms with Gasteiger partial charge in [-0.25, -0.2) is 0 Å². The lowest BCUT2D eigenvalue weighted by Crippen LogP contribution is -2.23. The molecule has 1 N–H and O–H groups in total. The maximum absolute atomic E-state index is 4.34. The number of nitrogens with zero attached hydrogens (tertiary/aromatic N) is 4. The van der Waals surface area contributed by atoms with Crippen molar-refractivity contribution in [1.82, 2.24) is 24.9 Å². The lowest BCUT2D eigenvalue weighted by Gasteiger charge is -2.09. The van der Waals surface area contributed by atoms with E-state index in [2.05, 4.69) is 29.4 Å². The third-order valence-electron chi connectivity index (χ3n) is 2.59. The summed E-state index contributed by atoms with van der Waals surface area (Å²) in [6, 6.07) is 2.53. The number of hydrogen-bond acceptors (Lipinski definition) is 3. The molecule has 2 heterocycles. The van der Waals surface area contributed by atoms with Gasteiger partial charge < -0.3 is 5.32 Å². The lowest BCUT2D eigenvalue weighted by atomic mass is 10.3. The fraction of sp³-hybridized carbons (Fsp3) is 0.500. The van der Waals surface area contributed by atoms with Crippen molar-refractivity contribution in [3.8, 4) is 0 Å². The summed E-state index contributed by atoms with van der Waals surface area (Å²) in [5.41, 5.74) is 2.37. The Morgan fingerprint density at radius 1 is 1.35 bits per heavy atom. The van der Waals surface area contributed by atoms with Crippen molar-refractivity contribution < 1.29 is 0 Å². The Morgan fingerprint density at radius 3 is 2.82 bits per heavy atom. The van der Waals surface area contributed by atoms with Crippen LogP contribution >= 0.6 is 0 Å². The van der Waals surface area contributed by atoms with Gasteiger partial charge in [0.25, 0.3) is 0 Å². The fourth-order valence-corrected chi connectivity index (χ4v) is 1.69.